The smallest absolute Gasteiger partial charge is 0.317 e. The van der Waals surface area contributed by atoms with Gasteiger partial charge in [-0.25, -0.2) is 0 Å². The summed E-state index contributed by atoms with van der Waals surface area (Å²) in [4.78, 5) is 12.7. The number of carbonyl (C=O) groups is 1. The van der Waals surface area contributed by atoms with Gasteiger partial charge >= 0.3 is 5.97 Å². The lowest BCUT2D eigenvalue weighted by molar-refractivity contribution is -0.139. The first kappa shape index (κ1) is 15.2. The van der Waals surface area contributed by atoms with Crippen LogP contribution in [0.25, 0.3) is 0 Å². The summed E-state index contributed by atoms with van der Waals surface area (Å²) in [5.74, 6) is -0.864. The van der Waals surface area contributed by atoms with Gasteiger partial charge in [0.2, 0.25) is 0 Å². The monoisotopic (exact) mass is 262 g/mol. The average molecular weight is 262 g/mol. The fourth-order valence-corrected chi connectivity index (χ4v) is 1.84. The van der Waals surface area contributed by atoms with Crippen LogP contribution in [0.15, 0.2) is 24.3 Å². The molecule has 0 bridgehead atoms. The van der Waals surface area contributed by atoms with Crippen molar-refractivity contribution in [3.8, 4) is 6.07 Å². The second-order valence-electron chi connectivity index (χ2n) is 4.27. The first-order valence-corrected chi connectivity index (χ1v) is 6.03. The van der Waals surface area contributed by atoms with Crippen molar-refractivity contribution < 1.29 is 14.6 Å². The molecule has 0 saturated heterocycles. The molecule has 1 aromatic carbocycles. The van der Waals surface area contributed by atoms with Gasteiger partial charge in [-0.05, 0) is 24.6 Å². The van der Waals surface area contributed by atoms with E-state index in [-0.39, 0.29) is 12.6 Å². The van der Waals surface area contributed by atoms with Crippen LogP contribution in [0.1, 0.15) is 24.1 Å². The number of rotatable bonds is 7. The van der Waals surface area contributed by atoms with E-state index in [2.05, 4.69) is 6.07 Å². The molecule has 0 heterocycles. The maximum atomic E-state index is 10.9. The molecule has 0 radical (unpaired) electrons. The summed E-state index contributed by atoms with van der Waals surface area (Å²) in [6.07, 6.45) is 0. The highest BCUT2D eigenvalue weighted by Crippen LogP contribution is 2.20. The highest BCUT2D eigenvalue weighted by Gasteiger charge is 2.18. The Labute approximate surface area is 113 Å². The van der Waals surface area contributed by atoms with Crippen LogP contribution < -0.4 is 0 Å². The van der Waals surface area contributed by atoms with E-state index in [9.17, 15) is 4.79 Å². The molecular weight excluding hydrogens is 244 g/mol. The summed E-state index contributed by atoms with van der Waals surface area (Å²) in [7, 11) is 1.59. The minimum absolute atomic E-state index is 0.0372. The van der Waals surface area contributed by atoms with Gasteiger partial charge < -0.3 is 9.84 Å². The van der Waals surface area contributed by atoms with Crippen molar-refractivity contribution in [1.29, 1.82) is 5.26 Å². The number of nitrogens with zero attached hydrogens (tertiary/aromatic N) is 2. The molecule has 1 rings (SSSR count). The molecule has 0 fully saturated rings. The average Bonchev–Trinajstić information content (AvgIpc) is 2.42. The first-order chi connectivity index (χ1) is 9.08. The lowest BCUT2D eigenvalue weighted by Crippen LogP contribution is -2.35. The Bertz CT molecular complexity index is 451. The highest BCUT2D eigenvalue weighted by molar-refractivity contribution is 5.69. The van der Waals surface area contributed by atoms with Crippen LogP contribution in [0.5, 0.6) is 0 Å². The number of carboxylic acids is 1. The Balaban J connectivity index is 2.81. The van der Waals surface area contributed by atoms with Gasteiger partial charge in [0, 0.05) is 19.7 Å². The van der Waals surface area contributed by atoms with E-state index in [0.717, 1.165) is 5.56 Å². The summed E-state index contributed by atoms with van der Waals surface area (Å²) in [5.41, 5.74) is 1.58. The van der Waals surface area contributed by atoms with Crippen LogP contribution in [0.4, 0.5) is 0 Å². The van der Waals surface area contributed by atoms with Gasteiger partial charge in [-0.1, -0.05) is 12.1 Å². The van der Waals surface area contributed by atoms with E-state index in [1.54, 1.807) is 19.2 Å². The number of nitriles is 1. The summed E-state index contributed by atoms with van der Waals surface area (Å²) in [6.45, 7) is 2.93. The van der Waals surface area contributed by atoms with Crippen molar-refractivity contribution in [2.75, 3.05) is 26.8 Å². The number of hydrogen-bond acceptors (Lipinski definition) is 4. The number of hydrogen-bond donors (Lipinski definition) is 1. The molecule has 5 nitrogen and oxygen atoms in total. The predicted molar refractivity (Wildman–Crippen MR) is 70.7 cm³/mol. The third-order valence-electron chi connectivity index (χ3n) is 2.99. The molecule has 1 aromatic rings. The topological polar surface area (TPSA) is 73.6 Å². The van der Waals surface area contributed by atoms with Crippen molar-refractivity contribution >= 4 is 5.97 Å². The molecule has 0 amide bonds. The van der Waals surface area contributed by atoms with E-state index in [1.807, 2.05) is 24.0 Å². The van der Waals surface area contributed by atoms with Crippen molar-refractivity contribution in [2.45, 2.75) is 13.0 Å². The molecule has 0 spiro atoms. The standard InChI is InChI=1S/C14H18N2O3/c1-11(13-5-3-12(9-15)4-6-13)16(7-8-19-2)10-14(17)18/h3-6,11H,7-8,10H2,1-2H3,(H,17,18). The molecule has 1 unspecified atom stereocenters. The number of aliphatic carboxylic acids is 1. The zero-order chi connectivity index (χ0) is 14.3. The van der Waals surface area contributed by atoms with Gasteiger partial charge in [-0.2, -0.15) is 5.26 Å². The maximum absolute atomic E-state index is 10.9. The fourth-order valence-electron chi connectivity index (χ4n) is 1.84. The molecular formula is C14H18N2O3. The molecule has 0 aliphatic heterocycles. The molecule has 0 aliphatic rings. The predicted octanol–water partition coefficient (Wildman–Crippen LogP) is 1.65. The lowest BCUT2D eigenvalue weighted by atomic mass is 10.1. The Hall–Kier alpha value is -1.90. The summed E-state index contributed by atoms with van der Waals surface area (Å²) < 4.78 is 5.00. The first-order valence-electron chi connectivity index (χ1n) is 6.03. The summed E-state index contributed by atoms with van der Waals surface area (Å²) in [5, 5.41) is 17.7. The molecule has 0 saturated carbocycles. The third kappa shape index (κ3) is 4.70. The van der Waals surface area contributed by atoms with Gasteiger partial charge in [-0.15, -0.1) is 0 Å². The largest absolute Gasteiger partial charge is 0.480 e. The van der Waals surface area contributed by atoms with Gasteiger partial charge in [0.05, 0.1) is 24.8 Å². The molecule has 0 aromatic heterocycles. The Morgan fingerprint density at radius 1 is 1.47 bits per heavy atom. The van der Waals surface area contributed by atoms with Gasteiger partial charge in [0.1, 0.15) is 0 Å². The minimum Gasteiger partial charge on any atom is -0.480 e. The Morgan fingerprint density at radius 3 is 2.58 bits per heavy atom. The lowest BCUT2D eigenvalue weighted by Gasteiger charge is -2.27. The third-order valence-corrected chi connectivity index (χ3v) is 2.99. The normalized spacial score (nSPS) is 12.1. The van der Waals surface area contributed by atoms with Crippen molar-refractivity contribution in [3.05, 3.63) is 35.4 Å². The summed E-state index contributed by atoms with van der Waals surface area (Å²) >= 11 is 0. The van der Waals surface area contributed by atoms with E-state index in [4.69, 9.17) is 15.1 Å². The zero-order valence-corrected chi connectivity index (χ0v) is 11.2. The van der Waals surface area contributed by atoms with Gasteiger partial charge in [-0.3, -0.25) is 9.69 Å². The molecule has 0 aliphatic carbocycles. The van der Waals surface area contributed by atoms with E-state index in [0.29, 0.717) is 18.7 Å². The number of carboxylic acid groups (broad SMARTS) is 1. The van der Waals surface area contributed by atoms with Crippen molar-refractivity contribution in [2.24, 2.45) is 0 Å². The number of methoxy groups -OCH3 is 1. The maximum Gasteiger partial charge on any atom is 0.317 e. The summed E-state index contributed by atoms with van der Waals surface area (Å²) in [6, 6.07) is 9.20. The van der Waals surface area contributed by atoms with Crippen LogP contribution in [-0.2, 0) is 9.53 Å². The Kier molecular flexibility index (Phi) is 6.00. The van der Waals surface area contributed by atoms with E-state index < -0.39 is 5.97 Å². The second-order valence-corrected chi connectivity index (χ2v) is 4.27. The zero-order valence-electron chi connectivity index (χ0n) is 11.2. The SMILES string of the molecule is COCCN(CC(=O)O)C(C)c1ccc(C#N)cc1. The van der Waals surface area contributed by atoms with Crippen LogP contribution in [0.2, 0.25) is 0 Å². The van der Waals surface area contributed by atoms with E-state index in [1.165, 1.54) is 0 Å². The molecule has 1 N–H and O–H groups in total. The van der Waals surface area contributed by atoms with Crippen molar-refractivity contribution in [1.82, 2.24) is 4.90 Å². The molecule has 19 heavy (non-hydrogen) atoms. The van der Waals surface area contributed by atoms with Crippen LogP contribution in [0, 0.1) is 11.3 Å². The fraction of sp³-hybridized carbons (Fsp3) is 0.429. The molecule has 1 atom stereocenters. The Morgan fingerprint density at radius 2 is 2.11 bits per heavy atom. The minimum atomic E-state index is -0.864. The number of ether oxygens (including phenoxy) is 1. The van der Waals surface area contributed by atoms with Crippen LogP contribution in [0.3, 0.4) is 0 Å². The van der Waals surface area contributed by atoms with Gasteiger partial charge in [0.25, 0.3) is 0 Å². The van der Waals surface area contributed by atoms with Crippen LogP contribution in [-0.4, -0.2) is 42.8 Å². The highest BCUT2D eigenvalue weighted by atomic mass is 16.5. The quantitative estimate of drug-likeness (QED) is 0.808. The molecule has 5 heteroatoms. The molecule has 102 valence electrons. The van der Waals surface area contributed by atoms with Crippen molar-refractivity contribution in [3.63, 3.8) is 0 Å². The second kappa shape index (κ2) is 7.52. The van der Waals surface area contributed by atoms with Crippen LogP contribution >= 0.6 is 0 Å². The number of benzene rings is 1. The van der Waals surface area contributed by atoms with Gasteiger partial charge in [0.15, 0.2) is 0 Å². The van der Waals surface area contributed by atoms with E-state index >= 15 is 0 Å².